The van der Waals surface area contributed by atoms with E-state index < -0.39 is 10.0 Å². The Morgan fingerprint density at radius 1 is 1.10 bits per heavy atom. The number of anilines is 1. The van der Waals surface area contributed by atoms with E-state index in [9.17, 15) is 13.2 Å². The number of benzene rings is 2. The molecular formula is C29H38N4O4S2. The van der Waals surface area contributed by atoms with Crippen LogP contribution in [0.2, 0.25) is 0 Å². The second-order valence-electron chi connectivity index (χ2n) is 10.4. The highest BCUT2D eigenvalue weighted by atomic mass is 32.2. The van der Waals surface area contributed by atoms with Crippen LogP contribution in [0.5, 0.6) is 0 Å². The number of nitrogens with zero attached hydrogens (tertiary/aromatic N) is 4. The van der Waals surface area contributed by atoms with Crippen LogP contribution in [0.1, 0.15) is 54.9 Å². The Balaban J connectivity index is 1.37. The Hall–Kier alpha value is -2.37. The molecule has 1 unspecified atom stereocenters. The van der Waals surface area contributed by atoms with Gasteiger partial charge in [0.2, 0.25) is 10.0 Å². The Morgan fingerprint density at radius 3 is 2.62 bits per heavy atom. The lowest BCUT2D eigenvalue weighted by Gasteiger charge is -2.34. The molecule has 1 amide bonds. The predicted octanol–water partition coefficient (Wildman–Crippen LogP) is 4.93. The van der Waals surface area contributed by atoms with Gasteiger partial charge in [-0.05, 0) is 74.6 Å². The highest BCUT2D eigenvalue weighted by Gasteiger charge is 2.32. The Morgan fingerprint density at radius 2 is 1.87 bits per heavy atom. The number of carbonyl (C=O) groups is 1. The summed E-state index contributed by atoms with van der Waals surface area (Å²) in [5.41, 5.74) is 2.49. The summed E-state index contributed by atoms with van der Waals surface area (Å²) in [6, 6.07) is 12.6. The molecule has 5 rings (SSSR count). The van der Waals surface area contributed by atoms with Crippen LogP contribution >= 0.6 is 11.3 Å². The zero-order chi connectivity index (χ0) is 27.4. The normalized spacial score (nSPS) is 19.4. The minimum atomic E-state index is -3.60. The predicted molar refractivity (Wildman–Crippen MR) is 156 cm³/mol. The number of hydrogen-bond acceptors (Lipinski definition) is 7. The molecule has 10 heteroatoms. The van der Waals surface area contributed by atoms with E-state index in [1.54, 1.807) is 33.5 Å². The topological polar surface area (TPSA) is 83.1 Å². The van der Waals surface area contributed by atoms with Crippen molar-refractivity contribution in [2.24, 2.45) is 0 Å². The summed E-state index contributed by atoms with van der Waals surface area (Å²) in [6.07, 6.45) is 4.45. The number of aryl methyl sites for hydroxylation is 1. The Labute approximate surface area is 235 Å². The molecule has 210 valence electrons. The van der Waals surface area contributed by atoms with Gasteiger partial charge in [-0.25, -0.2) is 13.4 Å². The van der Waals surface area contributed by atoms with Crippen molar-refractivity contribution in [3.8, 4) is 0 Å². The number of aromatic nitrogens is 1. The van der Waals surface area contributed by atoms with Gasteiger partial charge in [-0.2, -0.15) is 4.31 Å². The molecule has 2 aromatic carbocycles. The molecule has 0 N–H and O–H groups in total. The van der Waals surface area contributed by atoms with Gasteiger partial charge in [0.15, 0.2) is 5.13 Å². The van der Waals surface area contributed by atoms with Crippen molar-refractivity contribution in [3.05, 3.63) is 53.6 Å². The third-order valence-electron chi connectivity index (χ3n) is 7.72. The standard InChI is InChI=1S/C29H38N4O4S2/c1-3-24-7-4-5-16-33(24)39(35,36)25-11-9-23(10-12-25)28(34)32(15-6-14-31-17-19-37-20-18-31)29-30-26-13-8-22(2)21-27(26)38-29/h8-13,21,24H,3-7,14-20H2,1-2H3. The van der Waals surface area contributed by atoms with Gasteiger partial charge in [0.1, 0.15) is 0 Å². The van der Waals surface area contributed by atoms with Crippen LogP contribution in [0.25, 0.3) is 10.2 Å². The maximum atomic E-state index is 13.8. The molecule has 2 aliphatic rings. The maximum Gasteiger partial charge on any atom is 0.260 e. The smallest absolute Gasteiger partial charge is 0.260 e. The van der Waals surface area contributed by atoms with Gasteiger partial charge in [0, 0.05) is 44.3 Å². The third kappa shape index (κ3) is 6.36. The summed E-state index contributed by atoms with van der Waals surface area (Å²) < 4.78 is 35.0. The van der Waals surface area contributed by atoms with Gasteiger partial charge in [-0.3, -0.25) is 14.6 Å². The second-order valence-corrected chi connectivity index (χ2v) is 13.3. The lowest BCUT2D eigenvalue weighted by atomic mass is 10.0. The number of fused-ring (bicyclic) bond motifs is 1. The first-order chi connectivity index (χ1) is 18.9. The van der Waals surface area contributed by atoms with Crippen molar-refractivity contribution in [2.75, 3.05) is 50.8 Å². The average molecular weight is 571 g/mol. The fraction of sp³-hybridized carbons (Fsp3) is 0.517. The molecular weight excluding hydrogens is 532 g/mol. The fourth-order valence-electron chi connectivity index (χ4n) is 5.46. The average Bonchev–Trinajstić information content (AvgIpc) is 3.38. The van der Waals surface area contributed by atoms with Gasteiger partial charge >= 0.3 is 0 Å². The lowest BCUT2D eigenvalue weighted by molar-refractivity contribution is 0.0376. The number of morpholine rings is 1. The summed E-state index contributed by atoms with van der Waals surface area (Å²) in [4.78, 5) is 23.0. The van der Waals surface area contributed by atoms with Crippen molar-refractivity contribution in [1.29, 1.82) is 0 Å². The number of thiazole rings is 1. The van der Waals surface area contributed by atoms with Crippen molar-refractivity contribution >= 4 is 42.6 Å². The summed E-state index contributed by atoms with van der Waals surface area (Å²) in [7, 11) is -3.60. The highest BCUT2D eigenvalue weighted by Crippen LogP contribution is 2.31. The molecule has 2 saturated heterocycles. The minimum Gasteiger partial charge on any atom is -0.379 e. The molecule has 2 aliphatic heterocycles. The zero-order valence-electron chi connectivity index (χ0n) is 22.8. The van der Waals surface area contributed by atoms with Crippen LogP contribution in [0.3, 0.4) is 0 Å². The number of rotatable bonds is 9. The molecule has 2 fully saturated rings. The van der Waals surface area contributed by atoms with Gasteiger partial charge < -0.3 is 4.74 Å². The van der Waals surface area contributed by atoms with E-state index >= 15 is 0 Å². The summed E-state index contributed by atoms with van der Waals surface area (Å²) in [5, 5.41) is 0.665. The molecule has 3 aromatic rings. The van der Waals surface area contributed by atoms with Crippen molar-refractivity contribution in [1.82, 2.24) is 14.2 Å². The van der Waals surface area contributed by atoms with E-state index in [0.29, 0.717) is 23.8 Å². The second kappa shape index (κ2) is 12.4. The molecule has 8 nitrogen and oxygen atoms in total. The molecule has 0 radical (unpaired) electrons. The number of carbonyl (C=O) groups excluding carboxylic acids is 1. The fourth-order valence-corrected chi connectivity index (χ4v) is 8.31. The van der Waals surface area contributed by atoms with Crippen LogP contribution in [0.15, 0.2) is 47.4 Å². The molecule has 0 saturated carbocycles. The summed E-state index contributed by atoms with van der Waals surface area (Å²) >= 11 is 1.52. The number of hydrogen-bond donors (Lipinski definition) is 0. The number of amides is 1. The highest BCUT2D eigenvalue weighted by molar-refractivity contribution is 7.89. The van der Waals surface area contributed by atoms with E-state index in [1.165, 1.54) is 11.3 Å². The van der Waals surface area contributed by atoms with Gasteiger partial charge in [0.05, 0.1) is 28.3 Å². The van der Waals surface area contributed by atoms with E-state index in [1.807, 2.05) is 26.0 Å². The first-order valence-corrected chi connectivity index (χ1v) is 16.2. The molecule has 1 atom stereocenters. The summed E-state index contributed by atoms with van der Waals surface area (Å²) in [5.74, 6) is -0.166. The Kier molecular flexibility index (Phi) is 8.98. The molecule has 3 heterocycles. The van der Waals surface area contributed by atoms with Crippen LogP contribution in [0, 0.1) is 6.92 Å². The van der Waals surface area contributed by atoms with Crippen LogP contribution in [-0.2, 0) is 14.8 Å². The zero-order valence-corrected chi connectivity index (χ0v) is 24.5. The number of ether oxygens (including phenoxy) is 1. The van der Waals surface area contributed by atoms with Gasteiger partial charge in [-0.1, -0.05) is 30.7 Å². The van der Waals surface area contributed by atoms with Crippen LogP contribution in [-0.4, -0.2) is 80.5 Å². The van der Waals surface area contributed by atoms with Crippen molar-refractivity contribution in [2.45, 2.75) is 56.9 Å². The van der Waals surface area contributed by atoms with E-state index in [-0.39, 0.29) is 16.8 Å². The SMILES string of the molecule is CCC1CCCCN1S(=O)(=O)c1ccc(C(=O)N(CCCN2CCOCC2)c2nc3ccc(C)cc3s2)cc1. The maximum absolute atomic E-state index is 13.8. The Bertz CT molecular complexity index is 1380. The number of sulfonamides is 1. The monoisotopic (exact) mass is 570 g/mol. The van der Waals surface area contributed by atoms with Crippen molar-refractivity contribution < 1.29 is 17.9 Å². The molecule has 1 aromatic heterocycles. The molecule has 39 heavy (non-hydrogen) atoms. The van der Waals surface area contributed by atoms with Crippen molar-refractivity contribution in [3.63, 3.8) is 0 Å². The van der Waals surface area contributed by atoms with Gasteiger partial charge in [-0.15, -0.1) is 0 Å². The minimum absolute atomic E-state index is 0.0367. The molecule has 0 aliphatic carbocycles. The van der Waals surface area contributed by atoms with Crippen LogP contribution in [0.4, 0.5) is 5.13 Å². The van der Waals surface area contributed by atoms with Gasteiger partial charge in [0.25, 0.3) is 5.91 Å². The summed E-state index contributed by atoms with van der Waals surface area (Å²) in [6.45, 7) is 9.33. The quantitative estimate of drug-likeness (QED) is 0.363. The third-order valence-corrected chi connectivity index (χ3v) is 10.7. The first kappa shape index (κ1) is 28.2. The van der Waals surface area contributed by atoms with E-state index in [2.05, 4.69) is 11.0 Å². The van der Waals surface area contributed by atoms with E-state index in [0.717, 1.165) is 80.7 Å². The molecule has 0 spiro atoms. The lowest BCUT2D eigenvalue weighted by Crippen LogP contribution is -2.43. The first-order valence-electron chi connectivity index (χ1n) is 14.0. The largest absolute Gasteiger partial charge is 0.379 e. The number of piperidine rings is 1. The molecule has 0 bridgehead atoms. The van der Waals surface area contributed by atoms with E-state index in [4.69, 9.17) is 9.72 Å². The van der Waals surface area contributed by atoms with Crippen LogP contribution < -0.4 is 4.90 Å².